The van der Waals surface area contributed by atoms with E-state index < -0.39 is 5.54 Å². The average molecular weight is 315 g/mol. The molecule has 0 spiro atoms. The largest absolute Gasteiger partial charge is 0.371 e. The van der Waals surface area contributed by atoms with Crippen LogP contribution in [0.15, 0.2) is 24.3 Å². The second-order valence-corrected chi connectivity index (χ2v) is 7.12. The van der Waals surface area contributed by atoms with Crippen molar-refractivity contribution in [3.8, 4) is 0 Å². The van der Waals surface area contributed by atoms with Gasteiger partial charge in [-0.3, -0.25) is 4.79 Å². The number of carbonyl (C=O) groups is 1. The lowest BCUT2D eigenvalue weighted by Gasteiger charge is -2.32. The second kappa shape index (κ2) is 7.35. The number of nitrogens with one attached hydrogen (secondary N) is 1. The highest BCUT2D eigenvalue weighted by molar-refractivity contribution is 5.98. The number of carbonyl (C=O) groups excluding carboxylic acids is 1. The summed E-state index contributed by atoms with van der Waals surface area (Å²) in [4.78, 5) is 15.0. The van der Waals surface area contributed by atoms with Gasteiger partial charge >= 0.3 is 0 Å². The molecule has 1 aromatic carbocycles. The van der Waals surface area contributed by atoms with Crippen LogP contribution in [-0.2, 0) is 4.79 Å². The Bertz CT molecular complexity index is 529. The normalized spacial score (nSPS) is 21.5. The molecule has 4 heteroatoms. The summed E-state index contributed by atoms with van der Waals surface area (Å²) in [7, 11) is 0. The van der Waals surface area contributed by atoms with E-state index in [1.165, 1.54) is 37.8 Å². The summed E-state index contributed by atoms with van der Waals surface area (Å²) in [6.45, 7) is 2.22. The third kappa shape index (κ3) is 4.05. The summed E-state index contributed by atoms with van der Waals surface area (Å²) >= 11 is 0. The highest BCUT2D eigenvalue weighted by Gasteiger charge is 2.35. The number of hydrogen-bond acceptors (Lipinski definition) is 3. The predicted octanol–water partition coefficient (Wildman–Crippen LogP) is 3.67. The lowest BCUT2D eigenvalue weighted by molar-refractivity contribution is -0.122. The minimum Gasteiger partial charge on any atom is -0.371 e. The molecule has 126 valence electrons. The Hall–Kier alpha value is -1.55. The summed E-state index contributed by atoms with van der Waals surface area (Å²) in [5, 5.41) is 3.06. The second-order valence-electron chi connectivity index (χ2n) is 7.12. The fourth-order valence-electron chi connectivity index (χ4n) is 3.77. The maximum Gasteiger partial charge on any atom is 0.244 e. The van der Waals surface area contributed by atoms with Gasteiger partial charge in [0.15, 0.2) is 0 Å². The summed E-state index contributed by atoms with van der Waals surface area (Å²) < 4.78 is 0. The Kier molecular flexibility index (Phi) is 5.21. The Morgan fingerprint density at radius 1 is 1.00 bits per heavy atom. The molecule has 0 bridgehead atoms. The van der Waals surface area contributed by atoms with Crippen LogP contribution >= 0.6 is 0 Å². The first-order valence-corrected chi connectivity index (χ1v) is 9.13. The van der Waals surface area contributed by atoms with Crippen LogP contribution in [0.5, 0.6) is 0 Å². The summed E-state index contributed by atoms with van der Waals surface area (Å²) in [5.41, 5.74) is 7.72. The maximum absolute atomic E-state index is 12.6. The van der Waals surface area contributed by atoms with Crippen molar-refractivity contribution in [2.75, 3.05) is 23.3 Å². The minimum absolute atomic E-state index is 0.0229. The summed E-state index contributed by atoms with van der Waals surface area (Å²) in [6.07, 6.45) is 10.0. The number of nitrogens with zero attached hydrogens (tertiary/aromatic N) is 1. The van der Waals surface area contributed by atoms with Crippen LogP contribution in [-0.4, -0.2) is 24.5 Å². The van der Waals surface area contributed by atoms with Crippen LogP contribution in [0.1, 0.15) is 57.8 Å². The fraction of sp³-hybridized carbons (Fsp3) is 0.632. The van der Waals surface area contributed by atoms with Crippen molar-refractivity contribution in [3.05, 3.63) is 24.3 Å². The molecule has 0 aromatic heterocycles. The van der Waals surface area contributed by atoms with Gasteiger partial charge in [-0.05, 0) is 43.9 Å². The molecule has 2 aliphatic rings. The monoisotopic (exact) mass is 315 g/mol. The van der Waals surface area contributed by atoms with Crippen molar-refractivity contribution in [2.45, 2.75) is 63.3 Å². The Balaban J connectivity index is 1.68. The predicted molar refractivity (Wildman–Crippen MR) is 95.8 cm³/mol. The van der Waals surface area contributed by atoms with E-state index in [9.17, 15) is 4.79 Å². The van der Waals surface area contributed by atoms with Gasteiger partial charge in [-0.15, -0.1) is 0 Å². The Labute approximate surface area is 139 Å². The highest BCUT2D eigenvalue weighted by atomic mass is 16.2. The number of amides is 1. The third-order valence-corrected chi connectivity index (χ3v) is 5.27. The SMILES string of the molecule is NC1(C(=O)Nc2cccc(N3CCCCCC3)c2)CCCCC1. The maximum atomic E-state index is 12.6. The molecule has 3 N–H and O–H groups in total. The summed E-state index contributed by atoms with van der Waals surface area (Å²) in [6, 6.07) is 8.22. The van der Waals surface area contributed by atoms with E-state index in [0.717, 1.165) is 44.5 Å². The van der Waals surface area contributed by atoms with Crippen LogP contribution in [0, 0.1) is 0 Å². The number of benzene rings is 1. The highest BCUT2D eigenvalue weighted by Crippen LogP contribution is 2.28. The van der Waals surface area contributed by atoms with E-state index in [1.807, 2.05) is 12.1 Å². The topological polar surface area (TPSA) is 58.4 Å². The van der Waals surface area contributed by atoms with Gasteiger partial charge in [0, 0.05) is 24.5 Å². The van der Waals surface area contributed by atoms with Gasteiger partial charge < -0.3 is 16.0 Å². The molecule has 1 aliphatic heterocycles. The van der Waals surface area contributed by atoms with Gasteiger partial charge in [0.2, 0.25) is 5.91 Å². The van der Waals surface area contributed by atoms with Crippen LogP contribution in [0.4, 0.5) is 11.4 Å². The lowest BCUT2D eigenvalue weighted by atomic mass is 9.82. The lowest BCUT2D eigenvalue weighted by Crippen LogP contribution is -2.52. The molecule has 4 nitrogen and oxygen atoms in total. The third-order valence-electron chi connectivity index (χ3n) is 5.27. The van der Waals surface area contributed by atoms with Gasteiger partial charge in [0.25, 0.3) is 0 Å². The van der Waals surface area contributed by atoms with Crippen molar-refractivity contribution < 1.29 is 4.79 Å². The molecule has 1 heterocycles. The molecule has 1 aliphatic carbocycles. The van der Waals surface area contributed by atoms with Crippen molar-refractivity contribution >= 4 is 17.3 Å². The van der Waals surface area contributed by atoms with Gasteiger partial charge in [-0.2, -0.15) is 0 Å². The van der Waals surface area contributed by atoms with E-state index in [2.05, 4.69) is 22.3 Å². The average Bonchev–Trinajstić information content (AvgIpc) is 2.85. The van der Waals surface area contributed by atoms with Crippen LogP contribution in [0.25, 0.3) is 0 Å². The molecule has 0 unspecified atom stereocenters. The minimum atomic E-state index is -0.684. The quantitative estimate of drug-likeness (QED) is 0.895. The standard InChI is InChI=1S/C19H29N3O/c20-19(11-4-3-5-12-19)18(23)21-16-9-8-10-17(15-16)22-13-6-1-2-7-14-22/h8-10,15H,1-7,11-14,20H2,(H,21,23). The Morgan fingerprint density at radius 3 is 2.35 bits per heavy atom. The van der Waals surface area contributed by atoms with Gasteiger partial charge in [0.1, 0.15) is 0 Å². The first-order chi connectivity index (χ1) is 11.2. The van der Waals surface area contributed by atoms with Gasteiger partial charge in [-0.25, -0.2) is 0 Å². The zero-order valence-corrected chi connectivity index (χ0v) is 14.0. The van der Waals surface area contributed by atoms with E-state index in [4.69, 9.17) is 5.73 Å². The van der Waals surface area contributed by atoms with Crippen molar-refractivity contribution in [2.24, 2.45) is 5.73 Å². The molecule has 2 fully saturated rings. The molecule has 0 atom stereocenters. The molecule has 1 saturated heterocycles. The van der Waals surface area contributed by atoms with Crippen LogP contribution < -0.4 is 16.0 Å². The molecule has 1 saturated carbocycles. The van der Waals surface area contributed by atoms with Crippen LogP contribution in [0.2, 0.25) is 0 Å². The zero-order chi connectivity index (χ0) is 16.1. The fourth-order valence-corrected chi connectivity index (χ4v) is 3.77. The molecule has 23 heavy (non-hydrogen) atoms. The van der Waals surface area contributed by atoms with E-state index in [1.54, 1.807) is 0 Å². The Morgan fingerprint density at radius 2 is 1.65 bits per heavy atom. The smallest absolute Gasteiger partial charge is 0.244 e. The first-order valence-electron chi connectivity index (χ1n) is 9.13. The van der Waals surface area contributed by atoms with Crippen LogP contribution in [0.3, 0.4) is 0 Å². The van der Waals surface area contributed by atoms with Crippen molar-refractivity contribution in [3.63, 3.8) is 0 Å². The van der Waals surface area contributed by atoms with Crippen molar-refractivity contribution in [1.82, 2.24) is 0 Å². The molecule has 3 rings (SSSR count). The molecule has 1 aromatic rings. The molecular weight excluding hydrogens is 286 g/mol. The number of hydrogen-bond donors (Lipinski definition) is 2. The van der Waals surface area contributed by atoms with E-state index in [0.29, 0.717) is 0 Å². The number of anilines is 2. The van der Waals surface area contributed by atoms with Gasteiger partial charge in [-0.1, -0.05) is 38.2 Å². The first kappa shape index (κ1) is 16.3. The summed E-state index contributed by atoms with van der Waals surface area (Å²) in [5.74, 6) is -0.0229. The molecular formula is C19H29N3O. The molecule has 0 radical (unpaired) electrons. The number of nitrogens with two attached hydrogens (primary N) is 1. The van der Waals surface area contributed by atoms with Gasteiger partial charge in [0.05, 0.1) is 5.54 Å². The zero-order valence-electron chi connectivity index (χ0n) is 14.0. The van der Waals surface area contributed by atoms with E-state index >= 15 is 0 Å². The van der Waals surface area contributed by atoms with E-state index in [-0.39, 0.29) is 5.91 Å². The van der Waals surface area contributed by atoms with Crippen molar-refractivity contribution in [1.29, 1.82) is 0 Å². The number of rotatable bonds is 3. The molecule has 1 amide bonds.